The first-order chi connectivity index (χ1) is 15.3. The fourth-order valence-corrected chi connectivity index (χ4v) is 3.67. The third-order valence-corrected chi connectivity index (χ3v) is 4.88. The SMILES string of the molecule is [C-]#N.[C-]#N.[Ir+3].[c-]1ccccc1C1c2cccc(n2)Cc2cccc(n2)Cc2cccc1n2. The molecular formula is C26H18IrN5. The van der Waals surface area contributed by atoms with Crippen molar-refractivity contribution in [3.8, 4) is 0 Å². The summed E-state index contributed by atoms with van der Waals surface area (Å²) in [5.41, 5.74) is 7.20. The Hall–Kier alpha value is -3.70. The molecule has 0 unspecified atom stereocenters. The topological polar surface area (TPSA) is 86.2 Å². The molecule has 0 spiro atoms. The van der Waals surface area contributed by atoms with Gasteiger partial charge in [0.2, 0.25) is 0 Å². The number of pyridine rings is 3. The normalized spacial score (nSPS) is 11.5. The molecule has 0 saturated heterocycles. The van der Waals surface area contributed by atoms with E-state index in [4.69, 9.17) is 38.6 Å². The Morgan fingerprint density at radius 2 is 1.09 bits per heavy atom. The van der Waals surface area contributed by atoms with E-state index < -0.39 is 0 Å². The third-order valence-electron chi connectivity index (χ3n) is 4.88. The summed E-state index contributed by atoms with van der Waals surface area (Å²) >= 11 is 0. The molecule has 3 aromatic heterocycles. The van der Waals surface area contributed by atoms with E-state index in [9.17, 15) is 0 Å². The largest absolute Gasteiger partial charge is 3.00 e. The van der Waals surface area contributed by atoms with Crippen LogP contribution in [0.2, 0.25) is 0 Å². The van der Waals surface area contributed by atoms with Gasteiger partial charge < -0.3 is 23.7 Å². The average Bonchev–Trinajstić information content (AvgIpc) is 2.83. The molecule has 156 valence electrons. The second kappa shape index (κ2) is 12.2. The van der Waals surface area contributed by atoms with E-state index >= 15 is 0 Å². The van der Waals surface area contributed by atoms with Crippen LogP contribution in [0.25, 0.3) is 0 Å². The molecule has 0 saturated carbocycles. The second-order valence-corrected chi connectivity index (χ2v) is 6.83. The Morgan fingerprint density at radius 3 is 1.56 bits per heavy atom. The van der Waals surface area contributed by atoms with E-state index in [1.54, 1.807) is 0 Å². The van der Waals surface area contributed by atoms with Crippen molar-refractivity contribution in [3.05, 3.63) is 138 Å². The van der Waals surface area contributed by atoms with Gasteiger partial charge in [-0.2, -0.15) is 30.3 Å². The number of rotatable bonds is 1. The predicted molar refractivity (Wildman–Crippen MR) is 114 cm³/mol. The number of hydrogen-bond donors (Lipinski definition) is 0. The van der Waals surface area contributed by atoms with Gasteiger partial charge in [0.15, 0.2) is 0 Å². The van der Waals surface area contributed by atoms with Gasteiger partial charge in [-0.05, 0) is 36.4 Å². The molecule has 0 radical (unpaired) electrons. The first kappa shape index (κ1) is 24.6. The monoisotopic (exact) mass is 593 g/mol. The Morgan fingerprint density at radius 1 is 0.625 bits per heavy atom. The van der Waals surface area contributed by atoms with Crippen molar-refractivity contribution in [1.82, 2.24) is 15.0 Å². The van der Waals surface area contributed by atoms with Crippen LogP contribution in [0.15, 0.2) is 78.9 Å². The van der Waals surface area contributed by atoms with Crippen LogP contribution in [-0.4, -0.2) is 15.0 Å². The summed E-state index contributed by atoms with van der Waals surface area (Å²) in [5, 5.41) is 12.5. The van der Waals surface area contributed by atoms with Crippen molar-refractivity contribution in [3.63, 3.8) is 0 Å². The molecule has 32 heavy (non-hydrogen) atoms. The van der Waals surface area contributed by atoms with Crippen LogP contribution < -0.4 is 0 Å². The molecule has 6 heteroatoms. The molecule has 4 aromatic rings. The molecule has 0 N–H and O–H groups in total. The zero-order chi connectivity index (χ0) is 22.1. The molecule has 1 aromatic carbocycles. The Bertz CT molecular complexity index is 1120. The molecule has 0 aliphatic carbocycles. The minimum absolute atomic E-state index is 0. The van der Waals surface area contributed by atoms with Crippen LogP contribution in [0.3, 0.4) is 0 Å². The number of nitrogens with zero attached hydrogens (tertiary/aromatic N) is 5. The van der Waals surface area contributed by atoms with Crippen LogP contribution >= 0.6 is 0 Å². The number of aromatic nitrogens is 3. The third kappa shape index (κ3) is 5.71. The zero-order valence-corrected chi connectivity index (χ0v) is 19.5. The van der Waals surface area contributed by atoms with Crippen molar-refractivity contribution in [2.75, 3.05) is 0 Å². The number of fused-ring (bicyclic) bond motifs is 6. The maximum absolute atomic E-state index is 6.25. The van der Waals surface area contributed by atoms with Gasteiger partial charge in [0, 0.05) is 41.5 Å². The van der Waals surface area contributed by atoms with Crippen molar-refractivity contribution in [2.24, 2.45) is 0 Å². The minimum atomic E-state index is -0.0307. The molecule has 0 amide bonds. The molecule has 1 aliphatic rings. The van der Waals surface area contributed by atoms with E-state index in [0.717, 1.165) is 52.6 Å². The summed E-state index contributed by atoms with van der Waals surface area (Å²) in [6, 6.07) is 30.1. The first-order valence-corrected chi connectivity index (χ1v) is 9.63. The molecule has 0 fully saturated rings. The van der Waals surface area contributed by atoms with E-state index in [2.05, 4.69) is 66.7 Å². The van der Waals surface area contributed by atoms with Gasteiger partial charge in [0.05, 0.1) is 11.4 Å². The molecule has 0 atom stereocenters. The Kier molecular flexibility index (Phi) is 9.39. The summed E-state index contributed by atoms with van der Waals surface area (Å²) in [7, 11) is 0. The summed E-state index contributed by atoms with van der Waals surface area (Å²) in [6.07, 6.45) is 1.46. The summed E-state index contributed by atoms with van der Waals surface area (Å²) in [4.78, 5) is 14.7. The Balaban J connectivity index is 0.000000689. The van der Waals surface area contributed by atoms with E-state index in [1.807, 2.05) is 18.2 Å². The summed E-state index contributed by atoms with van der Waals surface area (Å²) in [5.74, 6) is -0.0307. The zero-order valence-electron chi connectivity index (χ0n) is 17.1. The molecular weight excluding hydrogens is 575 g/mol. The van der Waals surface area contributed by atoms with Gasteiger partial charge in [-0.15, -0.1) is 5.56 Å². The van der Waals surface area contributed by atoms with Crippen molar-refractivity contribution in [2.45, 2.75) is 18.8 Å². The van der Waals surface area contributed by atoms with Crippen LogP contribution in [-0.2, 0) is 32.9 Å². The molecule has 1 aliphatic heterocycles. The maximum Gasteiger partial charge on any atom is 3.00 e. The molecule has 6 bridgehead atoms. The molecule has 5 rings (SSSR count). The van der Waals surface area contributed by atoms with Crippen molar-refractivity contribution < 1.29 is 20.1 Å². The molecule has 5 nitrogen and oxygen atoms in total. The van der Waals surface area contributed by atoms with Crippen LogP contribution in [0.1, 0.15) is 45.6 Å². The molecule has 4 heterocycles. The van der Waals surface area contributed by atoms with Crippen LogP contribution in [0.4, 0.5) is 0 Å². The second-order valence-electron chi connectivity index (χ2n) is 6.83. The van der Waals surface area contributed by atoms with Crippen molar-refractivity contribution in [1.29, 1.82) is 10.5 Å². The Labute approximate surface area is 201 Å². The van der Waals surface area contributed by atoms with Crippen molar-refractivity contribution >= 4 is 0 Å². The maximum atomic E-state index is 6.25. The number of benzene rings is 1. The summed E-state index contributed by atoms with van der Waals surface area (Å²) in [6.45, 7) is 9.50. The number of hydrogen-bond acceptors (Lipinski definition) is 5. The average molecular weight is 593 g/mol. The fourth-order valence-electron chi connectivity index (χ4n) is 3.67. The first-order valence-electron chi connectivity index (χ1n) is 9.63. The minimum Gasteiger partial charge on any atom is -0.512 e. The fraction of sp³-hybridized carbons (Fsp3) is 0.115. The van der Waals surface area contributed by atoms with Crippen LogP contribution in [0, 0.1) is 29.7 Å². The summed E-state index contributed by atoms with van der Waals surface area (Å²) < 4.78 is 0. The smallest absolute Gasteiger partial charge is 0.512 e. The van der Waals surface area contributed by atoms with Gasteiger partial charge in [-0.3, -0.25) is 15.0 Å². The quantitative estimate of drug-likeness (QED) is 0.267. The van der Waals surface area contributed by atoms with Gasteiger partial charge >= 0.3 is 20.1 Å². The van der Waals surface area contributed by atoms with Gasteiger partial charge in [0.25, 0.3) is 0 Å². The van der Waals surface area contributed by atoms with E-state index in [0.29, 0.717) is 0 Å². The van der Waals surface area contributed by atoms with Gasteiger partial charge in [-0.25, -0.2) is 0 Å². The predicted octanol–water partition coefficient (Wildman–Crippen LogP) is 4.54. The van der Waals surface area contributed by atoms with E-state index in [1.165, 1.54) is 0 Å². The van der Waals surface area contributed by atoms with E-state index in [-0.39, 0.29) is 26.0 Å². The van der Waals surface area contributed by atoms with Gasteiger partial charge in [0.1, 0.15) is 0 Å². The van der Waals surface area contributed by atoms with Gasteiger partial charge in [-0.1, -0.05) is 18.2 Å². The standard InChI is InChI=1S/C24H18N3.2CN.Ir/c1-2-7-17(8-3-1)24-22-13-5-11-20(26-22)15-18-9-4-10-19(25-18)16-21-12-6-14-23(24)27-21;2*1-2;/h1-7,9-14,24H,15-16H2;;;/q3*-1;+3. The van der Waals surface area contributed by atoms with Crippen LogP contribution in [0.5, 0.6) is 0 Å².